The van der Waals surface area contributed by atoms with E-state index in [4.69, 9.17) is 9.47 Å². The largest absolute Gasteiger partial charge is 0.488 e. The third-order valence-electron chi connectivity index (χ3n) is 4.24. The fraction of sp³-hybridized carbons (Fsp3) is 0.647. The fourth-order valence-electron chi connectivity index (χ4n) is 3.17. The van der Waals surface area contributed by atoms with Crippen molar-refractivity contribution in [2.24, 2.45) is 5.92 Å². The Bertz CT molecular complexity index is 374. The molecule has 0 amide bonds. The number of hydrogen-bond donors (Lipinski definition) is 1. The van der Waals surface area contributed by atoms with E-state index in [0.717, 1.165) is 50.7 Å². The van der Waals surface area contributed by atoms with Crippen molar-refractivity contribution in [2.45, 2.75) is 38.2 Å². The molecule has 2 unspecified atom stereocenters. The molecule has 2 atom stereocenters. The summed E-state index contributed by atoms with van der Waals surface area (Å²) in [6.45, 7) is 3.95. The molecule has 20 heavy (non-hydrogen) atoms. The van der Waals surface area contributed by atoms with Crippen LogP contribution in [0.5, 0.6) is 5.75 Å². The molecule has 110 valence electrons. The third kappa shape index (κ3) is 3.97. The van der Waals surface area contributed by atoms with Crippen molar-refractivity contribution in [2.75, 3.05) is 26.3 Å². The van der Waals surface area contributed by atoms with Gasteiger partial charge in [0.25, 0.3) is 0 Å². The maximum Gasteiger partial charge on any atom is 0.122 e. The predicted molar refractivity (Wildman–Crippen MR) is 80.2 cm³/mol. The lowest BCUT2D eigenvalue weighted by Gasteiger charge is -2.24. The van der Waals surface area contributed by atoms with Gasteiger partial charge in [-0.15, -0.1) is 0 Å². The average Bonchev–Trinajstić information content (AvgIpc) is 2.50. The summed E-state index contributed by atoms with van der Waals surface area (Å²) in [7, 11) is 0. The minimum atomic E-state index is 0.232. The van der Waals surface area contributed by atoms with Crippen molar-refractivity contribution in [1.82, 2.24) is 5.32 Å². The molecule has 2 aliphatic rings. The lowest BCUT2D eigenvalue weighted by Crippen LogP contribution is -2.30. The first kappa shape index (κ1) is 13.9. The van der Waals surface area contributed by atoms with Crippen molar-refractivity contribution in [3.05, 3.63) is 29.8 Å². The van der Waals surface area contributed by atoms with Crippen LogP contribution in [0.2, 0.25) is 0 Å². The van der Waals surface area contributed by atoms with Crippen LogP contribution in [0.1, 0.15) is 31.2 Å². The van der Waals surface area contributed by atoms with Gasteiger partial charge in [-0.1, -0.05) is 12.1 Å². The monoisotopic (exact) mass is 275 g/mol. The van der Waals surface area contributed by atoms with Crippen LogP contribution in [0, 0.1) is 5.92 Å². The quantitative estimate of drug-likeness (QED) is 0.916. The van der Waals surface area contributed by atoms with E-state index < -0.39 is 0 Å². The smallest absolute Gasteiger partial charge is 0.122 e. The number of piperidine rings is 1. The maximum atomic E-state index is 6.04. The highest BCUT2D eigenvalue weighted by molar-refractivity contribution is 5.29. The summed E-state index contributed by atoms with van der Waals surface area (Å²) in [5.74, 6) is 1.78. The average molecular weight is 275 g/mol. The van der Waals surface area contributed by atoms with Crippen molar-refractivity contribution < 1.29 is 9.47 Å². The van der Waals surface area contributed by atoms with E-state index in [0.29, 0.717) is 0 Å². The van der Waals surface area contributed by atoms with E-state index in [2.05, 4.69) is 29.6 Å². The standard InChI is InChI=1S/C17H25NO2/c1-4-14(10-15-5-2-8-18-12-15)11-16(6-1)20-17-7-3-9-19-13-17/h1,4,6,11,15,17-18H,2-3,5,7-10,12-13H2. The van der Waals surface area contributed by atoms with Crippen LogP contribution >= 0.6 is 0 Å². The third-order valence-corrected chi connectivity index (χ3v) is 4.24. The molecule has 1 N–H and O–H groups in total. The Hall–Kier alpha value is -1.06. The molecular weight excluding hydrogens is 250 g/mol. The molecule has 0 bridgehead atoms. The summed E-state index contributed by atoms with van der Waals surface area (Å²) in [4.78, 5) is 0. The van der Waals surface area contributed by atoms with E-state index >= 15 is 0 Å². The predicted octanol–water partition coefficient (Wildman–Crippen LogP) is 2.79. The zero-order chi connectivity index (χ0) is 13.6. The molecule has 2 aliphatic heterocycles. The molecular formula is C17H25NO2. The highest BCUT2D eigenvalue weighted by atomic mass is 16.5. The Morgan fingerprint density at radius 1 is 1.25 bits per heavy atom. The highest BCUT2D eigenvalue weighted by Crippen LogP contribution is 2.22. The second kappa shape index (κ2) is 7.09. The Balaban J connectivity index is 1.57. The van der Waals surface area contributed by atoms with Crippen LogP contribution in [-0.2, 0) is 11.2 Å². The molecule has 0 aromatic heterocycles. The molecule has 1 aromatic rings. The number of ether oxygens (including phenoxy) is 2. The molecule has 3 nitrogen and oxygen atoms in total. The second-order valence-corrected chi connectivity index (χ2v) is 6.02. The molecule has 3 rings (SSSR count). The molecule has 0 radical (unpaired) electrons. The summed E-state index contributed by atoms with van der Waals surface area (Å²) in [6, 6.07) is 8.61. The Kier molecular flexibility index (Phi) is 4.93. The molecule has 0 saturated carbocycles. The molecule has 1 aromatic carbocycles. The summed E-state index contributed by atoms with van der Waals surface area (Å²) in [5.41, 5.74) is 1.40. The molecule has 0 spiro atoms. The molecule has 3 heteroatoms. The van der Waals surface area contributed by atoms with Crippen molar-refractivity contribution in [3.8, 4) is 5.75 Å². The lowest BCUT2D eigenvalue weighted by atomic mass is 9.92. The zero-order valence-corrected chi connectivity index (χ0v) is 12.1. The van der Waals surface area contributed by atoms with Gasteiger partial charge < -0.3 is 14.8 Å². The van der Waals surface area contributed by atoms with Crippen LogP contribution in [-0.4, -0.2) is 32.4 Å². The van der Waals surface area contributed by atoms with E-state index in [-0.39, 0.29) is 6.10 Å². The Morgan fingerprint density at radius 2 is 2.25 bits per heavy atom. The lowest BCUT2D eigenvalue weighted by molar-refractivity contribution is 0.00739. The van der Waals surface area contributed by atoms with Crippen LogP contribution in [0.3, 0.4) is 0 Å². The fourth-order valence-corrected chi connectivity index (χ4v) is 3.17. The Labute approximate surface area is 121 Å². The van der Waals surface area contributed by atoms with Gasteiger partial charge in [-0.25, -0.2) is 0 Å². The first-order valence-electron chi connectivity index (χ1n) is 7.94. The van der Waals surface area contributed by atoms with E-state index in [1.807, 2.05) is 0 Å². The van der Waals surface area contributed by atoms with Crippen molar-refractivity contribution in [3.63, 3.8) is 0 Å². The molecule has 0 aliphatic carbocycles. The van der Waals surface area contributed by atoms with E-state index in [9.17, 15) is 0 Å². The van der Waals surface area contributed by atoms with Crippen LogP contribution in [0.15, 0.2) is 24.3 Å². The van der Waals surface area contributed by atoms with Gasteiger partial charge in [0, 0.05) is 6.61 Å². The molecule has 2 fully saturated rings. The number of nitrogens with one attached hydrogen (secondary N) is 1. The van der Waals surface area contributed by atoms with Gasteiger partial charge in [0.05, 0.1) is 6.61 Å². The summed E-state index contributed by atoms with van der Waals surface area (Å²) < 4.78 is 11.5. The van der Waals surface area contributed by atoms with E-state index in [1.165, 1.54) is 24.9 Å². The first-order valence-corrected chi connectivity index (χ1v) is 7.94. The van der Waals surface area contributed by atoms with Gasteiger partial charge >= 0.3 is 0 Å². The summed E-state index contributed by atoms with van der Waals surface area (Å²) in [5, 5.41) is 3.49. The minimum absolute atomic E-state index is 0.232. The first-order chi connectivity index (χ1) is 9.90. The van der Waals surface area contributed by atoms with Crippen LogP contribution in [0.4, 0.5) is 0 Å². The van der Waals surface area contributed by atoms with Gasteiger partial charge in [0.2, 0.25) is 0 Å². The summed E-state index contributed by atoms with van der Waals surface area (Å²) >= 11 is 0. The highest BCUT2D eigenvalue weighted by Gasteiger charge is 2.16. The molecule has 2 saturated heterocycles. The van der Waals surface area contributed by atoms with Crippen molar-refractivity contribution in [1.29, 1.82) is 0 Å². The van der Waals surface area contributed by atoms with Crippen molar-refractivity contribution >= 4 is 0 Å². The van der Waals surface area contributed by atoms with Gasteiger partial charge in [0.15, 0.2) is 0 Å². The van der Waals surface area contributed by atoms with Gasteiger partial charge in [0.1, 0.15) is 11.9 Å². The minimum Gasteiger partial charge on any atom is -0.488 e. The van der Waals surface area contributed by atoms with Gasteiger partial charge in [-0.05, 0) is 68.8 Å². The van der Waals surface area contributed by atoms with Gasteiger partial charge in [-0.2, -0.15) is 0 Å². The van der Waals surface area contributed by atoms with Gasteiger partial charge in [-0.3, -0.25) is 0 Å². The number of hydrogen-bond acceptors (Lipinski definition) is 3. The van der Waals surface area contributed by atoms with Crippen LogP contribution < -0.4 is 10.1 Å². The second-order valence-electron chi connectivity index (χ2n) is 6.02. The summed E-state index contributed by atoms with van der Waals surface area (Å²) in [6.07, 6.45) is 6.25. The SMILES string of the molecule is c1cc(CC2CCCNC2)cc(OC2CCCOC2)c1. The number of benzene rings is 1. The van der Waals surface area contributed by atoms with E-state index in [1.54, 1.807) is 0 Å². The van der Waals surface area contributed by atoms with Crippen LogP contribution in [0.25, 0.3) is 0 Å². The normalized spacial score (nSPS) is 27.2. The Morgan fingerprint density at radius 3 is 3.05 bits per heavy atom. The zero-order valence-electron chi connectivity index (χ0n) is 12.1. The maximum absolute atomic E-state index is 6.04. The topological polar surface area (TPSA) is 30.5 Å². The number of rotatable bonds is 4. The molecule has 2 heterocycles.